The molecule has 2 heteroatoms. The van der Waals surface area contributed by atoms with Crippen molar-refractivity contribution in [3.8, 4) is 0 Å². The summed E-state index contributed by atoms with van der Waals surface area (Å²) in [6, 6.07) is 0. The maximum atomic E-state index is 5.62. The predicted octanol–water partition coefficient (Wildman–Crippen LogP) is 1.36. The minimum atomic E-state index is 0.480. The molecule has 0 bridgehead atoms. The highest BCUT2D eigenvalue weighted by molar-refractivity contribution is 4.69. The zero-order valence-corrected chi connectivity index (χ0v) is 7.84. The average Bonchev–Trinajstić information content (AvgIpc) is 1.85. The molecule has 1 saturated heterocycles. The Morgan fingerprint density at radius 2 is 2.27 bits per heavy atom. The van der Waals surface area contributed by atoms with Crippen molar-refractivity contribution < 1.29 is 4.74 Å². The minimum absolute atomic E-state index is 0.480. The van der Waals surface area contributed by atoms with Crippen molar-refractivity contribution in [1.82, 2.24) is 4.90 Å². The number of hydrogen-bond acceptors (Lipinski definition) is 2. The van der Waals surface area contributed by atoms with Gasteiger partial charge in [-0.2, -0.15) is 0 Å². The molecule has 1 atom stereocenters. The van der Waals surface area contributed by atoms with E-state index >= 15 is 0 Å². The van der Waals surface area contributed by atoms with Crippen molar-refractivity contribution >= 4 is 0 Å². The summed E-state index contributed by atoms with van der Waals surface area (Å²) in [4.78, 5) is 2.34. The first kappa shape index (κ1) is 9.01. The maximum Gasteiger partial charge on any atom is 0.0704 e. The lowest BCUT2D eigenvalue weighted by atomic mass is 10.1. The van der Waals surface area contributed by atoms with Crippen LogP contribution in [0.1, 0.15) is 20.3 Å². The van der Waals surface area contributed by atoms with Gasteiger partial charge in [-0.25, -0.2) is 0 Å². The molecule has 0 N–H and O–H groups in total. The third kappa shape index (κ3) is 3.21. The van der Waals surface area contributed by atoms with E-state index in [0.29, 0.717) is 6.10 Å². The number of rotatable bonds is 2. The summed E-state index contributed by atoms with van der Waals surface area (Å²) < 4.78 is 5.62. The van der Waals surface area contributed by atoms with Crippen LogP contribution in [0.15, 0.2) is 0 Å². The monoisotopic (exact) mass is 157 g/mol. The highest BCUT2D eigenvalue weighted by atomic mass is 16.5. The van der Waals surface area contributed by atoms with E-state index in [9.17, 15) is 0 Å². The lowest BCUT2D eigenvalue weighted by Crippen LogP contribution is -2.40. The van der Waals surface area contributed by atoms with Gasteiger partial charge in [0.25, 0.3) is 0 Å². The Hall–Kier alpha value is -0.0800. The smallest absolute Gasteiger partial charge is 0.0704 e. The zero-order chi connectivity index (χ0) is 8.27. The summed E-state index contributed by atoms with van der Waals surface area (Å²) in [5, 5.41) is 0. The van der Waals surface area contributed by atoms with E-state index in [1.807, 2.05) is 0 Å². The molecule has 0 radical (unpaired) electrons. The normalized spacial score (nSPS) is 27.8. The molecule has 0 amide bonds. The number of ether oxygens (including phenoxy) is 1. The van der Waals surface area contributed by atoms with Gasteiger partial charge in [-0.3, -0.25) is 0 Å². The van der Waals surface area contributed by atoms with Gasteiger partial charge in [0.2, 0.25) is 0 Å². The van der Waals surface area contributed by atoms with Crippen molar-refractivity contribution in [1.29, 1.82) is 0 Å². The molecule has 0 spiro atoms. The predicted molar refractivity (Wildman–Crippen MR) is 46.7 cm³/mol. The largest absolute Gasteiger partial charge is 0.376 e. The van der Waals surface area contributed by atoms with Crippen LogP contribution in [-0.4, -0.2) is 37.7 Å². The summed E-state index contributed by atoms with van der Waals surface area (Å²) in [6.07, 6.45) is 1.68. The molecule has 0 aliphatic carbocycles. The minimum Gasteiger partial charge on any atom is -0.376 e. The van der Waals surface area contributed by atoms with Crippen molar-refractivity contribution in [2.24, 2.45) is 5.92 Å². The van der Waals surface area contributed by atoms with Gasteiger partial charge in [0.1, 0.15) is 0 Å². The average molecular weight is 157 g/mol. The quantitative estimate of drug-likeness (QED) is 0.600. The maximum absolute atomic E-state index is 5.62. The Bertz CT molecular complexity index is 112. The van der Waals surface area contributed by atoms with Crippen molar-refractivity contribution in [2.45, 2.75) is 26.4 Å². The summed E-state index contributed by atoms with van der Waals surface area (Å²) in [5.41, 5.74) is 0. The summed E-state index contributed by atoms with van der Waals surface area (Å²) >= 11 is 0. The van der Waals surface area contributed by atoms with E-state index in [4.69, 9.17) is 4.74 Å². The molecule has 0 aromatic rings. The summed E-state index contributed by atoms with van der Waals surface area (Å²) in [6.45, 7) is 7.61. The van der Waals surface area contributed by atoms with Crippen molar-refractivity contribution in [2.75, 3.05) is 26.7 Å². The fourth-order valence-electron chi connectivity index (χ4n) is 1.54. The van der Waals surface area contributed by atoms with Gasteiger partial charge in [0.15, 0.2) is 0 Å². The highest BCUT2D eigenvalue weighted by Crippen LogP contribution is 2.12. The molecule has 11 heavy (non-hydrogen) atoms. The van der Waals surface area contributed by atoms with E-state index in [1.54, 1.807) is 0 Å². The molecule has 1 aliphatic rings. The molecule has 1 heterocycles. The first-order valence-electron chi connectivity index (χ1n) is 4.48. The van der Waals surface area contributed by atoms with E-state index < -0.39 is 0 Å². The third-order valence-electron chi connectivity index (χ3n) is 2.08. The van der Waals surface area contributed by atoms with Crippen LogP contribution < -0.4 is 0 Å². The van der Waals surface area contributed by atoms with E-state index in [0.717, 1.165) is 25.6 Å². The Morgan fingerprint density at radius 1 is 1.55 bits per heavy atom. The molecule has 1 unspecified atom stereocenters. The van der Waals surface area contributed by atoms with Crippen LogP contribution in [0.2, 0.25) is 0 Å². The van der Waals surface area contributed by atoms with E-state index in [2.05, 4.69) is 25.8 Å². The Morgan fingerprint density at radius 3 is 2.82 bits per heavy atom. The number of hydrogen-bond donors (Lipinski definition) is 0. The van der Waals surface area contributed by atoms with Gasteiger partial charge in [-0.1, -0.05) is 13.8 Å². The van der Waals surface area contributed by atoms with Crippen LogP contribution in [0.3, 0.4) is 0 Å². The Kier molecular flexibility index (Phi) is 3.34. The SMILES string of the molecule is CC(C)CC1CN(C)CCO1. The van der Waals surface area contributed by atoms with E-state index in [-0.39, 0.29) is 0 Å². The van der Waals surface area contributed by atoms with Crippen LogP contribution in [0.4, 0.5) is 0 Å². The molecule has 1 fully saturated rings. The van der Waals surface area contributed by atoms with Crippen LogP contribution >= 0.6 is 0 Å². The van der Waals surface area contributed by atoms with Gasteiger partial charge in [-0.05, 0) is 19.4 Å². The lowest BCUT2D eigenvalue weighted by molar-refractivity contribution is -0.0288. The molecular weight excluding hydrogens is 138 g/mol. The van der Waals surface area contributed by atoms with Crippen molar-refractivity contribution in [3.05, 3.63) is 0 Å². The fraction of sp³-hybridized carbons (Fsp3) is 1.00. The van der Waals surface area contributed by atoms with Crippen LogP contribution in [0, 0.1) is 5.92 Å². The second-order valence-electron chi connectivity index (χ2n) is 3.88. The second kappa shape index (κ2) is 4.07. The summed E-state index contributed by atoms with van der Waals surface area (Å²) in [5.74, 6) is 0.756. The van der Waals surface area contributed by atoms with Crippen molar-refractivity contribution in [3.63, 3.8) is 0 Å². The molecule has 0 aromatic carbocycles. The Labute approximate surface area is 69.5 Å². The zero-order valence-electron chi connectivity index (χ0n) is 7.84. The van der Waals surface area contributed by atoms with Gasteiger partial charge < -0.3 is 9.64 Å². The first-order valence-corrected chi connectivity index (χ1v) is 4.48. The molecule has 0 saturated carbocycles. The standard InChI is InChI=1S/C9H19NO/c1-8(2)6-9-7-10(3)4-5-11-9/h8-9H,4-7H2,1-3H3. The number of likely N-dealkylation sites (N-methyl/N-ethyl adjacent to an activating group) is 1. The molecule has 1 rings (SSSR count). The van der Waals surface area contributed by atoms with Gasteiger partial charge >= 0.3 is 0 Å². The molecular formula is C9H19NO. The Balaban J connectivity index is 2.23. The highest BCUT2D eigenvalue weighted by Gasteiger charge is 2.17. The molecule has 1 aliphatic heterocycles. The number of morpholine rings is 1. The topological polar surface area (TPSA) is 12.5 Å². The van der Waals surface area contributed by atoms with E-state index in [1.165, 1.54) is 6.42 Å². The molecule has 66 valence electrons. The lowest BCUT2D eigenvalue weighted by Gasteiger charge is -2.30. The van der Waals surface area contributed by atoms with Crippen LogP contribution in [-0.2, 0) is 4.74 Å². The third-order valence-corrected chi connectivity index (χ3v) is 2.08. The van der Waals surface area contributed by atoms with Crippen LogP contribution in [0.25, 0.3) is 0 Å². The second-order valence-corrected chi connectivity index (χ2v) is 3.88. The number of nitrogens with zero attached hydrogens (tertiary/aromatic N) is 1. The van der Waals surface area contributed by atoms with Crippen LogP contribution in [0.5, 0.6) is 0 Å². The van der Waals surface area contributed by atoms with Gasteiger partial charge in [-0.15, -0.1) is 0 Å². The summed E-state index contributed by atoms with van der Waals surface area (Å²) in [7, 11) is 2.16. The van der Waals surface area contributed by atoms with Gasteiger partial charge in [0.05, 0.1) is 12.7 Å². The van der Waals surface area contributed by atoms with Gasteiger partial charge in [0, 0.05) is 13.1 Å². The molecule has 0 aromatic heterocycles. The fourth-order valence-corrected chi connectivity index (χ4v) is 1.54. The first-order chi connectivity index (χ1) is 5.18. The molecule has 2 nitrogen and oxygen atoms in total.